The van der Waals surface area contributed by atoms with E-state index in [4.69, 9.17) is 5.11 Å². The third kappa shape index (κ3) is 2.80. The van der Waals surface area contributed by atoms with Crippen LogP contribution in [-0.4, -0.2) is 48.1 Å². The number of carboxylic acid groups (broad SMARTS) is 1. The summed E-state index contributed by atoms with van der Waals surface area (Å²) >= 11 is 0. The lowest BCUT2D eigenvalue weighted by atomic mass is 9.87. The maximum absolute atomic E-state index is 12.5. The smallest absolute Gasteiger partial charge is 0.306 e. The Kier molecular flexibility index (Phi) is 4.05. The molecule has 22 heavy (non-hydrogen) atoms. The van der Waals surface area contributed by atoms with Gasteiger partial charge in [-0.05, 0) is 30.4 Å². The summed E-state index contributed by atoms with van der Waals surface area (Å²) in [5, 5.41) is 9.16. The largest absolute Gasteiger partial charge is 0.481 e. The normalized spacial score (nSPS) is 24.2. The van der Waals surface area contributed by atoms with Gasteiger partial charge in [-0.2, -0.15) is 0 Å². The van der Waals surface area contributed by atoms with E-state index in [0.29, 0.717) is 26.1 Å². The van der Waals surface area contributed by atoms with Gasteiger partial charge in [-0.25, -0.2) is 0 Å². The number of fused-ring (bicyclic) bond motifs is 1. The van der Waals surface area contributed by atoms with Gasteiger partial charge in [0.25, 0.3) is 0 Å². The number of nitrogens with zero attached hydrogens (tertiary/aromatic N) is 2. The molecule has 2 aliphatic heterocycles. The highest BCUT2D eigenvalue weighted by Crippen LogP contribution is 2.28. The van der Waals surface area contributed by atoms with Crippen LogP contribution in [0.1, 0.15) is 18.9 Å². The summed E-state index contributed by atoms with van der Waals surface area (Å²) in [4.78, 5) is 27.6. The third-order valence-electron chi connectivity index (χ3n) is 4.88. The first-order chi connectivity index (χ1) is 10.6. The van der Waals surface area contributed by atoms with Gasteiger partial charge in [0, 0.05) is 25.3 Å². The Balaban J connectivity index is 1.61. The summed E-state index contributed by atoms with van der Waals surface area (Å²) in [5.74, 6) is -0.946. The lowest BCUT2D eigenvalue weighted by Gasteiger charge is -2.36. The van der Waals surface area contributed by atoms with E-state index in [-0.39, 0.29) is 17.7 Å². The van der Waals surface area contributed by atoms with Gasteiger partial charge in [0.05, 0.1) is 12.5 Å². The zero-order valence-electron chi connectivity index (χ0n) is 12.9. The van der Waals surface area contributed by atoms with Gasteiger partial charge in [0.15, 0.2) is 0 Å². The standard InChI is InChI=1S/C17H22N2O3/c1-12-10-19(9-7-14(12)17(21)22)16(20)11-18-8-6-13-4-2-3-5-15(13)18/h2-5,12,14H,6-11H2,1H3,(H,21,22). The SMILES string of the molecule is CC1CN(C(=O)CN2CCc3ccccc32)CCC1C(=O)O. The highest BCUT2D eigenvalue weighted by atomic mass is 16.4. The summed E-state index contributed by atoms with van der Waals surface area (Å²) in [7, 11) is 0. The van der Waals surface area contributed by atoms with Crippen LogP contribution in [0.2, 0.25) is 0 Å². The van der Waals surface area contributed by atoms with Crippen LogP contribution in [0.4, 0.5) is 5.69 Å². The van der Waals surface area contributed by atoms with Crippen LogP contribution in [0.5, 0.6) is 0 Å². The third-order valence-corrected chi connectivity index (χ3v) is 4.88. The number of para-hydroxylation sites is 1. The Morgan fingerprint density at radius 1 is 1.27 bits per heavy atom. The zero-order chi connectivity index (χ0) is 15.7. The van der Waals surface area contributed by atoms with Crippen molar-refractivity contribution in [2.24, 2.45) is 11.8 Å². The molecule has 0 aliphatic carbocycles. The molecule has 2 unspecified atom stereocenters. The monoisotopic (exact) mass is 302 g/mol. The fraction of sp³-hybridized carbons (Fsp3) is 0.529. The molecule has 5 nitrogen and oxygen atoms in total. The van der Waals surface area contributed by atoms with Crippen molar-refractivity contribution >= 4 is 17.6 Å². The number of carboxylic acids is 1. The minimum Gasteiger partial charge on any atom is -0.481 e. The van der Waals surface area contributed by atoms with E-state index in [1.165, 1.54) is 5.56 Å². The topological polar surface area (TPSA) is 60.9 Å². The van der Waals surface area contributed by atoms with Crippen molar-refractivity contribution < 1.29 is 14.7 Å². The van der Waals surface area contributed by atoms with E-state index in [1.54, 1.807) is 0 Å². The molecule has 1 fully saturated rings. The first-order valence-electron chi connectivity index (χ1n) is 7.89. The van der Waals surface area contributed by atoms with Gasteiger partial charge in [0.2, 0.25) is 5.91 Å². The number of carbonyl (C=O) groups is 2. The minimum atomic E-state index is -0.743. The van der Waals surface area contributed by atoms with Crippen molar-refractivity contribution in [3.63, 3.8) is 0 Å². The highest BCUT2D eigenvalue weighted by Gasteiger charge is 2.33. The minimum absolute atomic E-state index is 0.0149. The van der Waals surface area contributed by atoms with E-state index in [1.807, 2.05) is 24.0 Å². The molecule has 1 N–H and O–H groups in total. The summed E-state index contributed by atoms with van der Waals surface area (Å²) in [6, 6.07) is 8.21. The van der Waals surface area contributed by atoms with Crippen molar-refractivity contribution in [1.82, 2.24) is 4.90 Å². The Bertz CT molecular complexity index is 587. The van der Waals surface area contributed by atoms with Gasteiger partial charge >= 0.3 is 5.97 Å². The molecule has 1 amide bonds. The van der Waals surface area contributed by atoms with Crippen molar-refractivity contribution in [1.29, 1.82) is 0 Å². The van der Waals surface area contributed by atoms with Gasteiger partial charge < -0.3 is 14.9 Å². The quantitative estimate of drug-likeness (QED) is 0.921. The second kappa shape index (κ2) is 5.99. The first kappa shape index (κ1) is 14.9. The maximum Gasteiger partial charge on any atom is 0.306 e. The maximum atomic E-state index is 12.5. The molecule has 0 aromatic heterocycles. The molecule has 0 saturated carbocycles. The fourth-order valence-electron chi connectivity index (χ4n) is 3.57. The molecule has 118 valence electrons. The summed E-state index contributed by atoms with van der Waals surface area (Å²) < 4.78 is 0. The van der Waals surface area contributed by atoms with Crippen molar-refractivity contribution in [2.75, 3.05) is 31.1 Å². The molecular formula is C17H22N2O3. The number of piperidine rings is 1. The molecule has 1 saturated heterocycles. The number of carbonyl (C=O) groups excluding carboxylic acids is 1. The number of hydrogen-bond donors (Lipinski definition) is 1. The Morgan fingerprint density at radius 2 is 2.05 bits per heavy atom. The summed E-state index contributed by atoms with van der Waals surface area (Å²) in [6.45, 7) is 4.29. The number of likely N-dealkylation sites (tertiary alicyclic amines) is 1. The fourth-order valence-corrected chi connectivity index (χ4v) is 3.57. The Hall–Kier alpha value is -2.04. The second-order valence-corrected chi connectivity index (χ2v) is 6.35. The summed E-state index contributed by atoms with van der Waals surface area (Å²) in [5.41, 5.74) is 2.46. The molecule has 2 atom stereocenters. The van der Waals surface area contributed by atoms with E-state index < -0.39 is 5.97 Å². The average molecular weight is 302 g/mol. The molecule has 2 aliphatic rings. The number of hydrogen-bond acceptors (Lipinski definition) is 3. The van der Waals surface area contributed by atoms with Gasteiger partial charge in [-0.15, -0.1) is 0 Å². The molecule has 0 radical (unpaired) electrons. The Morgan fingerprint density at radius 3 is 2.77 bits per heavy atom. The highest BCUT2D eigenvalue weighted by molar-refractivity contribution is 5.83. The number of amides is 1. The molecule has 5 heteroatoms. The molecule has 3 rings (SSSR count). The van der Waals surface area contributed by atoms with E-state index in [0.717, 1.165) is 18.7 Å². The van der Waals surface area contributed by atoms with E-state index in [9.17, 15) is 9.59 Å². The van der Waals surface area contributed by atoms with Gasteiger partial charge in [-0.3, -0.25) is 9.59 Å². The molecule has 1 aromatic rings. The van der Waals surface area contributed by atoms with Crippen LogP contribution in [0.15, 0.2) is 24.3 Å². The molecular weight excluding hydrogens is 280 g/mol. The molecule has 0 bridgehead atoms. The van der Waals surface area contributed by atoms with Crippen molar-refractivity contribution in [2.45, 2.75) is 19.8 Å². The van der Waals surface area contributed by atoms with Gasteiger partial charge in [0.1, 0.15) is 0 Å². The number of anilines is 1. The van der Waals surface area contributed by atoms with Crippen molar-refractivity contribution in [3.05, 3.63) is 29.8 Å². The lowest BCUT2D eigenvalue weighted by molar-refractivity contribution is -0.148. The number of aliphatic carboxylic acids is 1. The average Bonchev–Trinajstić information content (AvgIpc) is 2.90. The number of benzene rings is 1. The molecule has 2 heterocycles. The van der Waals surface area contributed by atoms with Crippen LogP contribution in [-0.2, 0) is 16.0 Å². The van der Waals surface area contributed by atoms with Crippen LogP contribution in [0, 0.1) is 11.8 Å². The zero-order valence-corrected chi connectivity index (χ0v) is 12.9. The van der Waals surface area contributed by atoms with Crippen LogP contribution < -0.4 is 4.90 Å². The summed E-state index contributed by atoms with van der Waals surface area (Å²) in [6.07, 6.45) is 1.54. The Labute approximate surface area is 130 Å². The lowest BCUT2D eigenvalue weighted by Crippen LogP contribution is -2.48. The second-order valence-electron chi connectivity index (χ2n) is 6.35. The number of rotatable bonds is 3. The van der Waals surface area contributed by atoms with Gasteiger partial charge in [-0.1, -0.05) is 25.1 Å². The molecule has 0 spiro atoms. The predicted octanol–water partition coefficient (Wildman–Crippen LogP) is 1.62. The van der Waals surface area contributed by atoms with Crippen LogP contribution in [0.25, 0.3) is 0 Å². The van der Waals surface area contributed by atoms with E-state index in [2.05, 4.69) is 17.0 Å². The predicted molar refractivity (Wildman–Crippen MR) is 83.8 cm³/mol. The first-order valence-corrected chi connectivity index (χ1v) is 7.89. The van der Waals surface area contributed by atoms with E-state index >= 15 is 0 Å². The van der Waals surface area contributed by atoms with Crippen molar-refractivity contribution in [3.8, 4) is 0 Å². The molecule has 1 aromatic carbocycles. The van der Waals surface area contributed by atoms with Crippen LogP contribution in [0.3, 0.4) is 0 Å². The van der Waals surface area contributed by atoms with Crippen LogP contribution >= 0.6 is 0 Å².